The number of nitrogens with zero attached hydrogens (tertiary/aromatic N) is 1. The zero-order chi connectivity index (χ0) is 12.9. The molecular formula is C11H17NO6. The van der Waals surface area contributed by atoms with E-state index in [9.17, 15) is 20.3 Å². The van der Waals surface area contributed by atoms with Crippen molar-refractivity contribution in [1.82, 2.24) is 0 Å². The van der Waals surface area contributed by atoms with E-state index in [0.717, 1.165) is 32.1 Å². The van der Waals surface area contributed by atoms with Gasteiger partial charge in [0.25, 0.3) is 6.04 Å². The third kappa shape index (κ3) is 1.65. The van der Waals surface area contributed by atoms with Crippen LogP contribution in [0.4, 0.5) is 0 Å². The Morgan fingerprint density at radius 1 is 1.06 bits per heavy atom. The smallest absolute Gasteiger partial charge is 0.269 e. The molecular weight excluding hydrogens is 242 g/mol. The molecule has 0 bridgehead atoms. The Labute approximate surface area is 104 Å². The molecule has 0 radical (unpaired) electrons. The van der Waals surface area contributed by atoms with Crippen LogP contribution in [0.2, 0.25) is 0 Å². The van der Waals surface area contributed by atoms with E-state index in [4.69, 9.17) is 9.47 Å². The zero-order valence-electron chi connectivity index (χ0n) is 9.90. The highest BCUT2D eigenvalue weighted by atomic mass is 16.8. The van der Waals surface area contributed by atoms with E-state index < -0.39 is 41.2 Å². The van der Waals surface area contributed by atoms with Crippen LogP contribution in [0.15, 0.2) is 0 Å². The van der Waals surface area contributed by atoms with Gasteiger partial charge in [0.15, 0.2) is 18.0 Å². The summed E-state index contributed by atoms with van der Waals surface area (Å²) in [6.45, 7) is 0. The molecule has 1 aliphatic heterocycles. The molecule has 0 aromatic carbocycles. The average molecular weight is 259 g/mol. The number of hydrogen-bond donors (Lipinski definition) is 2. The number of fused-ring (bicyclic) bond motifs is 1. The van der Waals surface area contributed by atoms with Crippen molar-refractivity contribution < 1.29 is 24.6 Å². The van der Waals surface area contributed by atoms with Gasteiger partial charge in [-0.2, -0.15) is 0 Å². The number of aliphatic hydroxyl groups is 2. The Balaban J connectivity index is 1.79. The fourth-order valence-corrected chi connectivity index (χ4v) is 3.35. The van der Waals surface area contributed by atoms with Crippen molar-refractivity contribution in [3.05, 3.63) is 10.1 Å². The van der Waals surface area contributed by atoms with E-state index in [-0.39, 0.29) is 0 Å². The van der Waals surface area contributed by atoms with Gasteiger partial charge in [-0.25, -0.2) is 0 Å². The van der Waals surface area contributed by atoms with Gasteiger partial charge in [-0.05, 0) is 12.8 Å². The molecule has 3 aliphatic rings. The van der Waals surface area contributed by atoms with E-state index in [0.29, 0.717) is 0 Å². The van der Waals surface area contributed by atoms with E-state index in [1.54, 1.807) is 0 Å². The Morgan fingerprint density at radius 3 is 2.00 bits per heavy atom. The first kappa shape index (κ1) is 12.3. The number of rotatable bonds is 1. The molecule has 7 nitrogen and oxygen atoms in total. The van der Waals surface area contributed by atoms with Gasteiger partial charge in [0.05, 0.1) is 0 Å². The minimum absolute atomic E-state index is 0.659. The topological polar surface area (TPSA) is 102 Å². The van der Waals surface area contributed by atoms with Crippen LogP contribution in [0.5, 0.6) is 0 Å². The highest BCUT2D eigenvalue weighted by Gasteiger charge is 2.65. The summed E-state index contributed by atoms with van der Waals surface area (Å²) in [4.78, 5) is 10.1. The summed E-state index contributed by atoms with van der Waals surface area (Å²) in [7, 11) is 0. The van der Waals surface area contributed by atoms with Crippen LogP contribution in [0.25, 0.3) is 0 Å². The Hall–Kier alpha value is -0.760. The summed E-state index contributed by atoms with van der Waals surface area (Å²) in [5, 5.41) is 30.6. The molecule has 3 fully saturated rings. The standard InChI is InChI=1S/C11H17NO6/c13-7-6(12(15)16)8(14)10-9(7)17-11(18-10)4-2-1-3-5-11/h6-10,13-14H,1-5H2. The normalized spacial score (nSPS) is 46.2. The third-order valence-corrected chi connectivity index (χ3v) is 4.26. The van der Waals surface area contributed by atoms with Gasteiger partial charge < -0.3 is 19.7 Å². The van der Waals surface area contributed by atoms with Crippen LogP contribution in [-0.4, -0.2) is 51.4 Å². The lowest BCUT2D eigenvalue weighted by Gasteiger charge is -2.33. The molecule has 2 saturated carbocycles. The van der Waals surface area contributed by atoms with E-state index in [1.165, 1.54) is 0 Å². The monoisotopic (exact) mass is 259 g/mol. The van der Waals surface area contributed by atoms with Crippen molar-refractivity contribution in [2.75, 3.05) is 0 Å². The lowest BCUT2D eigenvalue weighted by molar-refractivity contribution is -0.544. The van der Waals surface area contributed by atoms with E-state index in [1.807, 2.05) is 0 Å². The lowest BCUT2D eigenvalue weighted by Crippen LogP contribution is -2.44. The van der Waals surface area contributed by atoms with Crippen LogP contribution < -0.4 is 0 Å². The largest absolute Gasteiger partial charge is 0.383 e. The first-order chi connectivity index (χ1) is 8.54. The second-order valence-corrected chi connectivity index (χ2v) is 5.39. The summed E-state index contributed by atoms with van der Waals surface area (Å²) in [5.74, 6) is -0.739. The summed E-state index contributed by atoms with van der Waals surface area (Å²) >= 11 is 0. The molecule has 0 aromatic rings. The maximum Gasteiger partial charge on any atom is 0.269 e. The maximum absolute atomic E-state index is 10.8. The van der Waals surface area contributed by atoms with Gasteiger partial charge >= 0.3 is 0 Å². The molecule has 4 unspecified atom stereocenters. The van der Waals surface area contributed by atoms with Crippen LogP contribution >= 0.6 is 0 Å². The van der Waals surface area contributed by atoms with Crippen molar-refractivity contribution >= 4 is 0 Å². The molecule has 3 rings (SSSR count). The second-order valence-electron chi connectivity index (χ2n) is 5.39. The minimum Gasteiger partial charge on any atom is -0.383 e. The number of hydrogen-bond acceptors (Lipinski definition) is 6. The van der Waals surface area contributed by atoms with Gasteiger partial charge in [0, 0.05) is 17.8 Å². The van der Waals surface area contributed by atoms with Crippen molar-refractivity contribution in [2.45, 2.75) is 68.3 Å². The predicted molar refractivity (Wildman–Crippen MR) is 58.4 cm³/mol. The van der Waals surface area contributed by atoms with Gasteiger partial charge in [-0.15, -0.1) is 0 Å². The van der Waals surface area contributed by atoms with Crippen molar-refractivity contribution in [3.63, 3.8) is 0 Å². The first-order valence-corrected chi connectivity index (χ1v) is 6.39. The van der Waals surface area contributed by atoms with Crippen molar-refractivity contribution in [1.29, 1.82) is 0 Å². The van der Waals surface area contributed by atoms with Crippen LogP contribution in [0.1, 0.15) is 32.1 Å². The Kier molecular flexibility index (Phi) is 2.81. The highest BCUT2D eigenvalue weighted by Crippen LogP contribution is 2.46. The summed E-state index contributed by atoms with van der Waals surface area (Å²) < 4.78 is 11.5. The van der Waals surface area contributed by atoms with E-state index in [2.05, 4.69) is 0 Å². The highest BCUT2D eigenvalue weighted by molar-refractivity contribution is 5.05. The number of ether oxygens (including phenoxy) is 2. The molecule has 1 heterocycles. The van der Waals surface area contributed by atoms with Crippen molar-refractivity contribution in [3.8, 4) is 0 Å². The fourth-order valence-electron chi connectivity index (χ4n) is 3.35. The molecule has 1 spiro atoms. The summed E-state index contributed by atoms with van der Waals surface area (Å²) in [6, 6.07) is -1.42. The quantitative estimate of drug-likeness (QED) is 0.500. The molecule has 18 heavy (non-hydrogen) atoms. The molecule has 102 valence electrons. The SMILES string of the molecule is O=[N+]([O-])C1C(O)C2OC3(CCCCC3)OC2C1O. The van der Waals surface area contributed by atoms with Gasteiger partial charge in [-0.3, -0.25) is 10.1 Å². The first-order valence-electron chi connectivity index (χ1n) is 6.39. The second kappa shape index (κ2) is 4.12. The van der Waals surface area contributed by atoms with Gasteiger partial charge in [0.2, 0.25) is 0 Å². The fraction of sp³-hybridized carbons (Fsp3) is 1.00. The molecule has 0 aromatic heterocycles. The Morgan fingerprint density at radius 2 is 1.56 bits per heavy atom. The lowest BCUT2D eigenvalue weighted by atomic mass is 9.94. The summed E-state index contributed by atoms with van der Waals surface area (Å²) in [5.41, 5.74) is 0. The maximum atomic E-state index is 10.8. The molecule has 0 amide bonds. The Bertz CT molecular complexity index is 335. The number of nitro groups is 1. The van der Waals surface area contributed by atoms with E-state index >= 15 is 0 Å². The summed E-state index contributed by atoms with van der Waals surface area (Å²) in [6.07, 6.45) is 0.344. The van der Waals surface area contributed by atoms with Crippen LogP contribution in [0, 0.1) is 10.1 Å². The van der Waals surface area contributed by atoms with Crippen molar-refractivity contribution in [2.24, 2.45) is 0 Å². The van der Waals surface area contributed by atoms with Crippen LogP contribution in [0.3, 0.4) is 0 Å². The van der Waals surface area contributed by atoms with Crippen LogP contribution in [-0.2, 0) is 9.47 Å². The van der Waals surface area contributed by atoms with Gasteiger partial charge in [-0.1, -0.05) is 6.42 Å². The molecule has 2 aliphatic carbocycles. The van der Waals surface area contributed by atoms with Gasteiger partial charge in [0.1, 0.15) is 12.2 Å². The molecule has 1 saturated heterocycles. The average Bonchev–Trinajstić information content (AvgIpc) is 2.78. The molecule has 2 N–H and O–H groups in total. The number of aliphatic hydroxyl groups excluding tert-OH is 2. The predicted octanol–water partition coefficient (Wildman–Crippen LogP) is -0.189. The molecule has 4 atom stereocenters. The molecule has 7 heteroatoms. The zero-order valence-corrected chi connectivity index (χ0v) is 9.90. The third-order valence-electron chi connectivity index (χ3n) is 4.26. The minimum atomic E-state index is -1.42.